The molecule has 38 heavy (non-hydrogen) atoms. The highest BCUT2D eigenvalue weighted by Crippen LogP contribution is 2.44. The Morgan fingerprint density at radius 3 is 2.29 bits per heavy atom. The second kappa shape index (κ2) is 10.8. The highest BCUT2D eigenvalue weighted by molar-refractivity contribution is 6.04. The van der Waals surface area contributed by atoms with Gasteiger partial charge in [0.15, 0.2) is 0 Å². The Morgan fingerprint density at radius 1 is 0.868 bits per heavy atom. The van der Waals surface area contributed by atoms with Crippen molar-refractivity contribution in [3.05, 3.63) is 125 Å². The molecule has 2 atom stereocenters. The third kappa shape index (κ3) is 4.95. The molecule has 4 aromatic rings. The maximum absolute atomic E-state index is 14.0. The Bertz CT molecular complexity index is 1450. The highest BCUT2D eigenvalue weighted by Gasteiger charge is 2.44. The summed E-state index contributed by atoms with van der Waals surface area (Å²) in [6.07, 6.45) is 0. The van der Waals surface area contributed by atoms with Crippen LogP contribution < -0.4 is 14.8 Å². The number of benzene rings is 4. The summed E-state index contributed by atoms with van der Waals surface area (Å²) < 4.78 is 24.3. The van der Waals surface area contributed by atoms with E-state index < -0.39 is 12.0 Å². The number of hydrogen-bond acceptors (Lipinski definition) is 4. The Kier molecular flexibility index (Phi) is 7.09. The molecule has 4 aromatic carbocycles. The number of ether oxygens (including phenoxy) is 2. The fourth-order valence-corrected chi connectivity index (χ4v) is 4.93. The van der Waals surface area contributed by atoms with Crippen molar-refractivity contribution in [2.24, 2.45) is 0 Å². The molecular weight excluding hydrogens is 483 g/mol. The van der Waals surface area contributed by atoms with Crippen LogP contribution in [0.1, 0.15) is 39.0 Å². The molecule has 1 heterocycles. The van der Waals surface area contributed by atoms with Crippen LogP contribution in [0, 0.1) is 5.82 Å². The molecule has 0 saturated carbocycles. The molecule has 0 aliphatic carbocycles. The second-order valence-electron chi connectivity index (χ2n) is 9.06. The number of carbonyl (C=O) groups excluding carboxylic acids is 2. The standard InChI is InChI=1S/C31H27FN2O4/c1-37-24-16-12-21(13-17-24)29-28(30(35)33-23-6-5-7-25(18-23)38-2)26-8-3-4-9-27(26)31(36)34(29)19-20-10-14-22(32)15-11-20/h3-18,28-29H,19H2,1-2H3,(H,33,35)/t28-,29+/m0/s1. The van der Waals surface area contributed by atoms with Crippen LogP contribution in [0.4, 0.5) is 10.1 Å². The van der Waals surface area contributed by atoms with E-state index in [9.17, 15) is 14.0 Å². The lowest BCUT2D eigenvalue weighted by atomic mass is 9.79. The second-order valence-corrected chi connectivity index (χ2v) is 9.06. The number of nitrogens with zero attached hydrogens (tertiary/aromatic N) is 1. The maximum atomic E-state index is 14.0. The van der Waals surface area contributed by atoms with Crippen LogP contribution in [0.5, 0.6) is 11.5 Å². The van der Waals surface area contributed by atoms with E-state index in [1.165, 1.54) is 12.1 Å². The number of fused-ring (bicyclic) bond motifs is 1. The number of rotatable bonds is 7. The largest absolute Gasteiger partial charge is 0.497 e. The lowest BCUT2D eigenvalue weighted by Gasteiger charge is -2.42. The van der Waals surface area contributed by atoms with Crippen molar-refractivity contribution in [2.45, 2.75) is 18.5 Å². The van der Waals surface area contributed by atoms with Crippen LogP contribution in [0.2, 0.25) is 0 Å². The van der Waals surface area contributed by atoms with Gasteiger partial charge in [-0.2, -0.15) is 0 Å². The third-order valence-electron chi connectivity index (χ3n) is 6.78. The first-order chi connectivity index (χ1) is 18.5. The molecule has 0 aromatic heterocycles. The molecule has 1 aliphatic rings. The smallest absolute Gasteiger partial charge is 0.255 e. The molecule has 0 saturated heterocycles. The summed E-state index contributed by atoms with van der Waals surface area (Å²) in [5, 5.41) is 3.03. The van der Waals surface area contributed by atoms with Gasteiger partial charge in [-0.1, -0.05) is 48.5 Å². The van der Waals surface area contributed by atoms with Crippen LogP contribution >= 0.6 is 0 Å². The summed E-state index contributed by atoms with van der Waals surface area (Å²) >= 11 is 0. The Hall–Kier alpha value is -4.65. The molecule has 0 spiro atoms. The van der Waals surface area contributed by atoms with Crippen LogP contribution in [0.15, 0.2) is 97.1 Å². The van der Waals surface area contributed by atoms with E-state index in [4.69, 9.17) is 9.47 Å². The van der Waals surface area contributed by atoms with Crippen LogP contribution in [-0.2, 0) is 11.3 Å². The van der Waals surface area contributed by atoms with Gasteiger partial charge in [0.2, 0.25) is 5.91 Å². The van der Waals surface area contributed by atoms with Gasteiger partial charge in [0.1, 0.15) is 17.3 Å². The van der Waals surface area contributed by atoms with Crippen LogP contribution in [0.3, 0.4) is 0 Å². The van der Waals surface area contributed by atoms with Crippen LogP contribution in [0.25, 0.3) is 0 Å². The number of halogens is 1. The Balaban J connectivity index is 1.62. The fraction of sp³-hybridized carbons (Fsp3) is 0.161. The van der Waals surface area contributed by atoms with E-state index >= 15 is 0 Å². The van der Waals surface area contributed by atoms with E-state index in [-0.39, 0.29) is 24.2 Å². The molecule has 2 amide bonds. The summed E-state index contributed by atoms with van der Waals surface area (Å²) in [7, 11) is 3.15. The summed E-state index contributed by atoms with van der Waals surface area (Å²) in [4.78, 5) is 29.6. The molecular formula is C31H27FN2O4. The average molecular weight is 511 g/mol. The molecule has 6 nitrogen and oxygen atoms in total. The highest BCUT2D eigenvalue weighted by atomic mass is 19.1. The monoisotopic (exact) mass is 510 g/mol. The maximum Gasteiger partial charge on any atom is 0.255 e. The van der Waals surface area contributed by atoms with E-state index in [1.807, 2.05) is 36.4 Å². The van der Waals surface area contributed by atoms with Crippen molar-refractivity contribution >= 4 is 17.5 Å². The molecule has 5 rings (SSSR count). The summed E-state index contributed by atoms with van der Waals surface area (Å²) in [5.74, 6) is -0.250. The minimum absolute atomic E-state index is 0.198. The van der Waals surface area contributed by atoms with Gasteiger partial charge in [0, 0.05) is 23.9 Å². The number of amides is 2. The number of carbonyl (C=O) groups is 2. The van der Waals surface area contributed by atoms with Crippen molar-refractivity contribution in [3.8, 4) is 11.5 Å². The first-order valence-corrected chi connectivity index (χ1v) is 12.2. The molecule has 0 unspecified atom stereocenters. The molecule has 0 bridgehead atoms. The topological polar surface area (TPSA) is 67.9 Å². The lowest BCUT2D eigenvalue weighted by molar-refractivity contribution is -0.119. The van der Waals surface area contributed by atoms with Gasteiger partial charge in [-0.25, -0.2) is 4.39 Å². The quantitative estimate of drug-likeness (QED) is 0.333. The predicted molar refractivity (Wildman–Crippen MR) is 143 cm³/mol. The van der Waals surface area contributed by atoms with Crippen LogP contribution in [-0.4, -0.2) is 30.9 Å². The molecule has 7 heteroatoms. The van der Waals surface area contributed by atoms with Gasteiger partial charge in [-0.15, -0.1) is 0 Å². The minimum atomic E-state index is -0.719. The normalized spacial score (nSPS) is 16.5. The van der Waals surface area contributed by atoms with Gasteiger partial charge < -0.3 is 19.7 Å². The molecule has 0 radical (unpaired) electrons. The van der Waals surface area contributed by atoms with Gasteiger partial charge in [0.25, 0.3) is 5.91 Å². The van der Waals surface area contributed by atoms with Crippen molar-refractivity contribution in [1.82, 2.24) is 4.90 Å². The van der Waals surface area contributed by atoms with E-state index in [0.29, 0.717) is 28.3 Å². The number of hydrogen-bond donors (Lipinski definition) is 1. The lowest BCUT2D eigenvalue weighted by Crippen LogP contribution is -2.45. The number of methoxy groups -OCH3 is 2. The summed E-state index contributed by atoms with van der Waals surface area (Å²) in [6, 6.07) is 27.1. The SMILES string of the molecule is COc1ccc([C@@H]2[C@@H](C(=O)Nc3cccc(OC)c3)c3ccccc3C(=O)N2Cc2ccc(F)cc2)cc1. The van der Waals surface area contributed by atoms with Crippen molar-refractivity contribution in [3.63, 3.8) is 0 Å². The van der Waals surface area contributed by atoms with E-state index in [2.05, 4.69) is 5.32 Å². The van der Waals surface area contributed by atoms with Gasteiger partial charge in [0.05, 0.1) is 26.2 Å². The molecule has 1 aliphatic heterocycles. The molecule has 1 N–H and O–H groups in total. The Morgan fingerprint density at radius 2 is 1.58 bits per heavy atom. The fourth-order valence-electron chi connectivity index (χ4n) is 4.93. The van der Waals surface area contributed by atoms with E-state index in [1.54, 1.807) is 67.7 Å². The third-order valence-corrected chi connectivity index (χ3v) is 6.78. The zero-order valence-corrected chi connectivity index (χ0v) is 21.1. The summed E-state index contributed by atoms with van der Waals surface area (Å²) in [5.41, 5.74) is 3.23. The van der Waals surface area contributed by atoms with E-state index in [0.717, 1.165) is 11.1 Å². The van der Waals surface area contributed by atoms with Gasteiger partial charge in [-0.05, 0) is 59.2 Å². The molecule has 192 valence electrons. The number of anilines is 1. The Labute approximate surface area is 220 Å². The van der Waals surface area contributed by atoms with Gasteiger partial charge >= 0.3 is 0 Å². The zero-order valence-electron chi connectivity index (χ0n) is 21.1. The molecule has 0 fully saturated rings. The average Bonchev–Trinajstić information content (AvgIpc) is 2.95. The van der Waals surface area contributed by atoms with Crippen molar-refractivity contribution in [2.75, 3.05) is 19.5 Å². The van der Waals surface area contributed by atoms with Gasteiger partial charge in [-0.3, -0.25) is 9.59 Å². The zero-order chi connectivity index (χ0) is 26.6. The first kappa shape index (κ1) is 25.0. The predicted octanol–water partition coefficient (Wildman–Crippen LogP) is 5.96. The van der Waals surface area contributed by atoms with Crippen molar-refractivity contribution < 1.29 is 23.5 Å². The van der Waals surface area contributed by atoms with Crippen molar-refractivity contribution in [1.29, 1.82) is 0 Å². The first-order valence-electron chi connectivity index (χ1n) is 12.2. The number of nitrogens with one attached hydrogen (secondary N) is 1. The summed E-state index contributed by atoms with van der Waals surface area (Å²) in [6.45, 7) is 0.201. The minimum Gasteiger partial charge on any atom is -0.497 e.